The number of rotatable bonds is 8. The topological polar surface area (TPSA) is 81.2 Å². The van der Waals surface area contributed by atoms with E-state index in [1.807, 2.05) is 26.8 Å². The zero-order valence-corrected chi connectivity index (χ0v) is 18.5. The van der Waals surface area contributed by atoms with Gasteiger partial charge in [0.25, 0.3) is 5.91 Å². The maximum Gasteiger partial charge on any atom is 0.251 e. The van der Waals surface area contributed by atoms with E-state index in [0.717, 1.165) is 29.6 Å². The van der Waals surface area contributed by atoms with Crippen molar-refractivity contribution in [1.29, 1.82) is 0 Å². The molecule has 1 heterocycles. The Labute approximate surface area is 178 Å². The number of allylic oxidation sites excluding steroid dienone is 1. The zero-order valence-electron chi connectivity index (χ0n) is 18.5. The Morgan fingerprint density at radius 2 is 1.83 bits per heavy atom. The monoisotopic (exact) mass is 413 g/mol. The van der Waals surface area contributed by atoms with Gasteiger partial charge in [-0.1, -0.05) is 5.57 Å². The lowest BCUT2D eigenvalue weighted by atomic mass is 10.0. The molecule has 1 aromatic carbocycles. The van der Waals surface area contributed by atoms with Crippen LogP contribution < -0.4 is 24.8 Å². The van der Waals surface area contributed by atoms with Crippen molar-refractivity contribution in [3.05, 3.63) is 40.2 Å². The van der Waals surface area contributed by atoms with Gasteiger partial charge >= 0.3 is 0 Å². The molecule has 1 fully saturated rings. The predicted octanol–water partition coefficient (Wildman–Crippen LogP) is 3.49. The fourth-order valence-electron chi connectivity index (χ4n) is 3.45. The molecule has 162 valence electrons. The average molecular weight is 414 g/mol. The van der Waals surface area contributed by atoms with Gasteiger partial charge in [0.1, 0.15) is 24.8 Å². The van der Waals surface area contributed by atoms with Crippen LogP contribution in [0.25, 0.3) is 0 Å². The molecule has 2 N–H and O–H groups in total. The number of amides is 1. The summed E-state index contributed by atoms with van der Waals surface area (Å²) >= 11 is 0. The Bertz CT molecular complexity index is 909. The summed E-state index contributed by atoms with van der Waals surface area (Å²) in [6.07, 6.45) is 2.17. The van der Waals surface area contributed by atoms with E-state index in [-0.39, 0.29) is 11.4 Å². The summed E-state index contributed by atoms with van der Waals surface area (Å²) in [6, 6.07) is 3.65. The molecule has 1 aromatic rings. The molecule has 0 atom stereocenters. The molecule has 1 aliphatic heterocycles. The minimum absolute atomic E-state index is 0.0413. The zero-order chi connectivity index (χ0) is 21.9. The van der Waals surface area contributed by atoms with Crippen LogP contribution in [0.2, 0.25) is 0 Å². The van der Waals surface area contributed by atoms with Crippen LogP contribution in [0.1, 0.15) is 46.1 Å². The van der Waals surface area contributed by atoms with E-state index in [1.165, 1.54) is 0 Å². The molecule has 3 rings (SSSR count). The van der Waals surface area contributed by atoms with Gasteiger partial charge in [-0.25, -0.2) is 4.99 Å². The van der Waals surface area contributed by atoms with E-state index in [0.29, 0.717) is 48.4 Å². The Kier molecular flexibility index (Phi) is 6.39. The predicted molar refractivity (Wildman–Crippen MR) is 117 cm³/mol. The Morgan fingerprint density at radius 3 is 2.37 bits per heavy atom. The van der Waals surface area contributed by atoms with E-state index < -0.39 is 0 Å². The number of methoxy groups -OCH3 is 1. The smallest absolute Gasteiger partial charge is 0.251 e. The Hall–Kier alpha value is -2.96. The molecule has 0 unspecified atom stereocenters. The summed E-state index contributed by atoms with van der Waals surface area (Å²) in [5.74, 6) is 2.43. The molecule has 0 spiro atoms. The highest BCUT2D eigenvalue weighted by Crippen LogP contribution is 2.37. The van der Waals surface area contributed by atoms with Gasteiger partial charge in [0.05, 0.1) is 7.11 Å². The Morgan fingerprint density at radius 1 is 1.20 bits per heavy atom. The second kappa shape index (κ2) is 8.81. The highest BCUT2D eigenvalue weighted by atomic mass is 16.6. The van der Waals surface area contributed by atoms with Crippen LogP contribution in [-0.4, -0.2) is 38.5 Å². The van der Waals surface area contributed by atoms with Crippen molar-refractivity contribution in [2.24, 2.45) is 4.99 Å². The summed E-state index contributed by atoms with van der Waals surface area (Å²) in [4.78, 5) is 17.2. The number of benzene rings is 1. The number of nitrogens with zero attached hydrogens (tertiary/aromatic N) is 1. The van der Waals surface area contributed by atoms with Crippen LogP contribution in [-0.2, 0) is 11.3 Å². The second-order valence-electron chi connectivity index (χ2n) is 8.18. The first-order valence-electron chi connectivity index (χ1n) is 10.2. The first-order chi connectivity index (χ1) is 14.3. The first-order valence-corrected chi connectivity index (χ1v) is 10.2. The number of carbonyl (C=O) groups is 1. The van der Waals surface area contributed by atoms with Crippen molar-refractivity contribution in [1.82, 2.24) is 10.6 Å². The summed E-state index contributed by atoms with van der Waals surface area (Å²) in [5, 5.41) is 6.42. The van der Waals surface area contributed by atoms with Crippen molar-refractivity contribution in [2.75, 3.05) is 20.3 Å². The van der Waals surface area contributed by atoms with Crippen molar-refractivity contribution < 1.29 is 19.0 Å². The molecule has 0 bridgehead atoms. The average Bonchev–Trinajstić information content (AvgIpc) is 3.46. The molecular formula is C23H31N3O4. The number of fused-ring (bicyclic) bond motifs is 1. The number of nitrogens with one attached hydrogen (secondary N) is 2. The fraction of sp³-hybridized carbons (Fsp3) is 0.478. The SMILES string of the molecule is C=N/C(NC1(C)CC1)=C(\C)C(C(=O)NCc1cc2c(cc1OC)OCCO2)=C(C)C. The van der Waals surface area contributed by atoms with Crippen LogP contribution in [0.5, 0.6) is 17.2 Å². The van der Waals surface area contributed by atoms with Crippen LogP contribution in [0.15, 0.2) is 39.7 Å². The van der Waals surface area contributed by atoms with Crippen LogP contribution in [0.3, 0.4) is 0 Å². The molecule has 0 radical (unpaired) electrons. The maximum absolute atomic E-state index is 13.1. The van der Waals surface area contributed by atoms with Gasteiger partial charge in [-0.2, -0.15) is 0 Å². The van der Waals surface area contributed by atoms with Gasteiger partial charge in [-0.15, -0.1) is 0 Å². The lowest BCUT2D eigenvalue weighted by Gasteiger charge is -2.21. The Balaban J connectivity index is 1.80. The van der Waals surface area contributed by atoms with Gasteiger partial charge in [0.2, 0.25) is 0 Å². The lowest BCUT2D eigenvalue weighted by Crippen LogP contribution is -2.30. The summed E-state index contributed by atoms with van der Waals surface area (Å²) < 4.78 is 16.7. The van der Waals surface area contributed by atoms with Crippen LogP contribution in [0.4, 0.5) is 0 Å². The molecule has 2 aliphatic rings. The van der Waals surface area contributed by atoms with Gasteiger partial charge in [-0.3, -0.25) is 4.79 Å². The van der Waals surface area contributed by atoms with Gasteiger partial charge in [0, 0.05) is 34.9 Å². The van der Waals surface area contributed by atoms with Gasteiger partial charge < -0.3 is 24.8 Å². The van der Waals surface area contributed by atoms with Crippen LogP contribution in [0, 0.1) is 0 Å². The third-order valence-electron chi connectivity index (χ3n) is 5.42. The standard InChI is InChI=1S/C23H31N3O4/c1-14(2)20(15(3)21(24-5)26-23(4)7-8-23)22(27)25-13-16-11-18-19(12-17(16)28-6)30-10-9-29-18/h11-12,26H,5,7-10,13H2,1-4,6H3,(H,25,27)/b21-15-. The summed E-state index contributed by atoms with van der Waals surface area (Å²) in [6.45, 7) is 12.9. The quantitative estimate of drug-likeness (QED) is 0.387. The number of carbonyl (C=O) groups excluding carboxylic acids is 1. The van der Waals surface area contributed by atoms with Gasteiger partial charge in [-0.05, 0) is 53.3 Å². The van der Waals surface area contributed by atoms with E-state index in [4.69, 9.17) is 14.2 Å². The highest BCUT2D eigenvalue weighted by molar-refractivity contribution is 5.98. The third kappa shape index (κ3) is 4.78. The van der Waals surface area contributed by atoms with E-state index in [1.54, 1.807) is 13.2 Å². The molecule has 1 amide bonds. The maximum atomic E-state index is 13.1. The number of hydrogen-bond acceptors (Lipinski definition) is 6. The third-order valence-corrected chi connectivity index (χ3v) is 5.42. The summed E-state index contributed by atoms with van der Waals surface area (Å²) in [5.41, 5.74) is 3.15. The van der Waals surface area contributed by atoms with E-state index >= 15 is 0 Å². The molecule has 1 saturated carbocycles. The normalized spacial score (nSPS) is 16.7. The second-order valence-corrected chi connectivity index (χ2v) is 8.18. The molecule has 30 heavy (non-hydrogen) atoms. The van der Waals surface area contributed by atoms with Crippen molar-refractivity contribution >= 4 is 12.6 Å². The fourth-order valence-corrected chi connectivity index (χ4v) is 3.45. The molecule has 7 nitrogen and oxygen atoms in total. The molecule has 7 heteroatoms. The van der Waals surface area contributed by atoms with Crippen LogP contribution >= 0.6 is 0 Å². The van der Waals surface area contributed by atoms with Crippen molar-refractivity contribution in [2.45, 2.75) is 52.6 Å². The van der Waals surface area contributed by atoms with E-state index in [2.05, 4.69) is 29.3 Å². The summed E-state index contributed by atoms with van der Waals surface area (Å²) in [7, 11) is 1.59. The van der Waals surface area contributed by atoms with Crippen molar-refractivity contribution in [3.8, 4) is 17.2 Å². The molecule has 0 saturated heterocycles. The minimum atomic E-state index is -0.173. The first kappa shape index (κ1) is 21.7. The molecule has 1 aliphatic carbocycles. The van der Waals surface area contributed by atoms with Crippen molar-refractivity contribution in [3.63, 3.8) is 0 Å². The minimum Gasteiger partial charge on any atom is -0.496 e. The largest absolute Gasteiger partial charge is 0.496 e. The number of ether oxygens (including phenoxy) is 3. The highest BCUT2D eigenvalue weighted by Gasteiger charge is 2.38. The number of hydrogen-bond donors (Lipinski definition) is 2. The molecule has 0 aromatic heterocycles. The molecular weight excluding hydrogens is 382 g/mol. The number of aliphatic imine (C=N–C) groups is 1. The van der Waals surface area contributed by atoms with E-state index in [9.17, 15) is 4.79 Å². The lowest BCUT2D eigenvalue weighted by molar-refractivity contribution is -0.117. The van der Waals surface area contributed by atoms with Gasteiger partial charge in [0.15, 0.2) is 11.5 Å².